The van der Waals surface area contributed by atoms with Crippen molar-refractivity contribution in [2.45, 2.75) is 52.9 Å². The van der Waals surface area contributed by atoms with Crippen LogP contribution in [0.15, 0.2) is 12.1 Å². The molecule has 1 aromatic carbocycles. The van der Waals surface area contributed by atoms with Gasteiger partial charge in [-0.15, -0.1) is 0 Å². The first kappa shape index (κ1) is 17.8. The van der Waals surface area contributed by atoms with Gasteiger partial charge < -0.3 is 5.32 Å². The maximum atomic E-state index is 12.5. The Morgan fingerprint density at radius 1 is 1.15 bits per heavy atom. The van der Waals surface area contributed by atoms with Crippen LogP contribution in [0.2, 0.25) is 0 Å². The third-order valence-electron chi connectivity index (χ3n) is 3.43. The molecular weight excluding hydrogens is 378 g/mol. The van der Waals surface area contributed by atoms with E-state index in [1.54, 1.807) is 0 Å². The number of nitrogens with one attached hydrogen (secondary N) is 1. The molecule has 0 aliphatic rings. The second-order valence-electron chi connectivity index (χ2n) is 5.58. The molecule has 1 rings (SSSR count). The first-order valence-electron chi connectivity index (χ1n) is 6.66. The molecule has 0 amide bonds. The molecule has 0 aliphatic heterocycles. The van der Waals surface area contributed by atoms with Gasteiger partial charge in [0.2, 0.25) is 0 Å². The van der Waals surface area contributed by atoms with Crippen molar-refractivity contribution < 1.29 is 13.2 Å². The van der Waals surface area contributed by atoms with Gasteiger partial charge in [0.1, 0.15) is 0 Å². The van der Waals surface area contributed by atoms with Crippen LogP contribution in [0.25, 0.3) is 0 Å². The zero-order valence-corrected chi connectivity index (χ0v) is 14.4. The van der Waals surface area contributed by atoms with Gasteiger partial charge in [-0.2, -0.15) is 13.2 Å². The first-order chi connectivity index (χ1) is 9.10. The minimum atomic E-state index is -4.13. The van der Waals surface area contributed by atoms with Crippen LogP contribution in [0.1, 0.15) is 37.0 Å². The van der Waals surface area contributed by atoms with Crippen LogP contribution >= 0.6 is 22.6 Å². The summed E-state index contributed by atoms with van der Waals surface area (Å²) in [5, 5.41) is 3.06. The predicted molar refractivity (Wildman–Crippen MR) is 84.8 cm³/mol. The average molecular weight is 399 g/mol. The topological polar surface area (TPSA) is 12.0 Å². The molecule has 0 heterocycles. The molecule has 1 N–H and O–H groups in total. The molecule has 1 atom stereocenters. The molecule has 1 aromatic rings. The van der Waals surface area contributed by atoms with Crippen LogP contribution in [0.4, 0.5) is 13.2 Å². The van der Waals surface area contributed by atoms with Crippen LogP contribution in [0, 0.1) is 23.3 Å². The summed E-state index contributed by atoms with van der Waals surface area (Å²) < 4.78 is 38.8. The summed E-state index contributed by atoms with van der Waals surface area (Å²) in [5.41, 5.74) is 3.34. The highest BCUT2D eigenvalue weighted by molar-refractivity contribution is 14.1. The SMILES string of the molecule is Cc1cc(CNC(CC(F)(F)F)C(C)C)c(C)cc1I. The minimum absolute atomic E-state index is 0.0538. The van der Waals surface area contributed by atoms with Crippen molar-refractivity contribution in [3.05, 3.63) is 32.4 Å². The van der Waals surface area contributed by atoms with E-state index in [-0.39, 0.29) is 5.92 Å². The number of hydrogen-bond acceptors (Lipinski definition) is 1. The van der Waals surface area contributed by atoms with E-state index in [2.05, 4.69) is 40.0 Å². The van der Waals surface area contributed by atoms with Gasteiger partial charge in [0.05, 0.1) is 6.42 Å². The smallest absolute Gasteiger partial charge is 0.309 e. The molecule has 0 saturated heterocycles. The highest BCUT2D eigenvalue weighted by Gasteiger charge is 2.32. The van der Waals surface area contributed by atoms with Crippen molar-refractivity contribution >= 4 is 22.6 Å². The van der Waals surface area contributed by atoms with E-state index in [4.69, 9.17) is 0 Å². The normalized spacial score (nSPS) is 13.8. The summed E-state index contributed by atoms with van der Waals surface area (Å²) in [5.74, 6) is -0.0538. The number of alkyl halides is 3. The summed E-state index contributed by atoms with van der Waals surface area (Å²) in [6.45, 7) is 8.11. The summed E-state index contributed by atoms with van der Waals surface area (Å²) >= 11 is 2.27. The predicted octanol–water partition coefficient (Wildman–Crippen LogP) is 4.97. The van der Waals surface area contributed by atoms with E-state index in [0.29, 0.717) is 6.54 Å². The molecule has 20 heavy (non-hydrogen) atoms. The number of hydrogen-bond donors (Lipinski definition) is 1. The number of halogens is 4. The van der Waals surface area contributed by atoms with Gasteiger partial charge in [0.15, 0.2) is 0 Å². The van der Waals surface area contributed by atoms with Gasteiger partial charge in [0, 0.05) is 16.2 Å². The Labute approximate surface area is 132 Å². The van der Waals surface area contributed by atoms with Gasteiger partial charge in [-0.05, 0) is 65.1 Å². The fourth-order valence-electron chi connectivity index (χ4n) is 2.07. The van der Waals surface area contributed by atoms with Crippen molar-refractivity contribution in [1.82, 2.24) is 5.32 Å². The molecule has 0 spiro atoms. The van der Waals surface area contributed by atoms with E-state index >= 15 is 0 Å². The van der Waals surface area contributed by atoms with Gasteiger partial charge in [-0.1, -0.05) is 19.9 Å². The van der Waals surface area contributed by atoms with Crippen molar-refractivity contribution in [1.29, 1.82) is 0 Å². The Morgan fingerprint density at radius 2 is 1.75 bits per heavy atom. The lowest BCUT2D eigenvalue weighted by Crippen LogP contribution is -2.37. The summed E-state index contributed by atoms with van der Waals surface area (Å²) in [4.78, 5) is 0. The van der Waals surface area contributed by atoms with Crippen LogP contribution in [0.5, 0.6) is 0 Å². The summed E-state index contributed by atoms with van der Waals surface area (Å²) in [7, 11) is 0. The summed E-state index contributed by atoms with van der Waals surface area (Å²) in [6, 6.07) is 3.57. The van der Waals surface area contributed by atoms with Crippen molar-refractivity contribution in [3.63, 3.8) is 0 Å². The second kappa shape index (κ2) is 7.11. The molecule has 0 aliphatic carbocycles. The van der Waals surface area contributed by atoms with Crippen LogP contribution < -0.4 is 5.32 Å². The van der Waals surface area contributed by atoms with Crippen molar-refractivity contribution in [2.75, 3.05) is 0 Å². The molecule has 0 bridgehead atoms. The quantitative estimate of drug-likeness (QED) is 0.690. The van der Waals surface area contributed by atoms with Crippen molar-refractivity contribution in [3.8, 4) is 0 Å². The van der Waals surface area contributed by atoms with E-state index in [0.717, 1.165) is 16.7 Å². The molecule has 0 fully saturated rings. The highest BCUT2D eigenvalue weighted by atomic mass is 127. The van der Waals surface area contributed by atoms with Crippen LogP contribution in [0.3, 0.4) is 0 Å². The zero-order valence-electron chi connectivity index (χ0n) is 12.2. The van der Waals surface area contributed by atoms with Gasteiger partial charge in [-0.25, -0.2) is 0 Å². The van der Waals surface area contributed by atoms with E-state index in [1.807, 2.05) is 27.7 Å². The summed E-state index contributed by atoms with van der Waals surface area (Å²) in [6.07, 6.45) is -4.91. The fraction of sp³-hybridized carbons (Fsp3) is 0.600. The maximum Gasteiger partial charge on any atom is 0.390 e. The number of aryl methyl sites for hydroxylation is 2. The molecule has 0 saturated carbocycles. The van der Waals surface area contributed by atoms with Gasteiger partial charge in [-0.3, -0.25) is 0 Å². The highest BCUT2D eigenvalue weighted by Crippen LogP contribution is 2.25. The Kier molecular flexibility index (Phi) is 6.31. The Bertz CT molecular complexity index is 455. The number of rotatable bonds is 5. The Morgan fingerprint density at radius 3 is 2.25 bits per heavy atom. The Hall–Kier alpha value is -0.300. The molecule has 114 valence electrons. The van der Waals surface area contributed by atoms with Crippen LogP contribution in [-0.2, 0) is 6.54 Å². The molecule has 0 radical (unpaired) electrons. The maximum absolute atomic E-state index is 12.5. The molecule has 0 aromatic heterocycles. The van der Waals surface area contributed by atoms with Gasteiger partial charge >= 0.3 is 6.18 Å². The third kappa shape index (κ3) is 5.60. The van der Waals surface area contributed by atoms with Crippen molar-refractivity contribution in [2.24, 2.45) is 5.92 Å². The monoisotopic (exact) mass is 399 g/mol. The molecule has 1 nitrogen and oxygen atoms in total. The first-order valence-corrected chi connectivity index (χ1v) is 7.73. The molecular formula is C15H21F3IN. The number of benzene rings is 1. The zero-order chi connectivity index (χ0) is 15.5. The standard InChI is InChI=1S/C15H21F3IN/c1-9(2)14(7-15(16,17)18)20-8-12-5-11(4)13(19)6-10(12)3/h5-6,9,14,20H,7-8H2,1-4H3. The van der Waals surface area contributed by atoms with E-state index < -0.39 is 18.6 Å². The molecule has 5 heteroatoms. The van der Waals surface area contributed by atoms with Gasteiger partial charge in [0.25, 0.3) is 0 Å². The van der Waals surface area contributed by atoms with Crippen LogP contribution in [-0.4, -0.2) is 12.2 Å². The van der Waals surface area contributed by atoms with E-state index in [9.17, 15) is 13.2 Å². The largest absolute Gasteiger partial charge is 0.390 e. The average Bonchev–Trinajstić information content (AvgIpc) is 2.28. The second-order valence-corrected chi connectivity index (χ2v) is 6.74. The Balaban J connectivity index is 2.75. The lowest BCUT2D eigenvalue weighted by Gasteiger charge is -2.24. The molecule has 1 unspecified atom stereocenters. The lowest BCUT2D eigenvalue weighted by atomic mass is 9.99. The fourth-order valence-corrected chi connectivity index (χ4v) is 2.69. The third-order valence-corrected chi connectivity index (χ3v) is 4.59. The van der Waals surface area contributed by atoms with E-state index in [1.165, 1.54) is 3.57 Å². The lowest BCUT2D eigenvalue weighted by molar-refractivity contribution is -0.142. The minimum Gasteiger partial charge on any atom is -0.309 e.